The van der Waals surface area contributed by atoms with Crippen LogP contribution in [0.25, 0.3) is 0 Å². The third-order valence-electron chi connectivity index (χ3n) is 6.60. The lowest BCUT2D eigenvalue weighted by molar-refractivity contribution is 0.433. The van der Waals surface area contributed by atoms with E-state index in [9.17, 15) is 0 Å². The van der Waals surface area contributed by atoms with Gasteiger partial charge < -0.3 is 0 Å². The smallest absolute Gasteiger partial charge is 0.0443 e. The molecular weight excluding hydrogens is 336 g/mol. The highest BCUT2D eigenvalue weighted by atomic mass is 14.1. The van der Waals surface area contributed by atoms with Gasteiger partial charge in [-0.3, -0.25) is 0 Å². The first-order valence-corrected chi connectivity index (χ1v) is 13.8. The Balaban J connectivity index is 3.06. The van der Waals surface area contributed by atoms with Crippen LogP contribution >= 0.6 is 0 Å². The van der Waals surface area contributed by atoms with Crippen LogP contribution in [-0.4, -0.2) is 0 Å². The number of unbranched alkanes of at least 4 members (excludes halogenated alkanes) is 20. The lowest BCUT2D eigenvalue weighted by Gasteiger charge is -2.10. The van der Waals surface area contributed by atoms with Crippen LogP contribution in [0.15, 0.2) is 0 Å². The van der Waals surface area contributed by atoms with Gasteiger partial charge in [0.1, 0.15) is 0 Å². The van der Waals surface area contributed by atoms with Crippen LogP contribution < -0.4 is 0 Å². The van der Waals surface area contributed by atoms with Gasteiger partial charge >= 0.3 is 0 Å². The summed E-state index contributed by atoms with van der Waals surface area (Å²) in [6.45, 7) is 7.08. The lowest BCUT2D eigenvalue weighted by atomic mass is 9.96. The number of hydrogen-bond acceptors (Lipinski definition) is 0. The minimum atomic E-state index is 0.970. The highest BCUT2D eigenvalue weighted by Crippen LogP contribution is 2.18. The quantitative estimate of drug-likeness (QED) is 0.143. The zero-order valence-electron chi connectivity index (χ0n) is 20.5. The summed E-state index contributed by atoms with van der Waals surface area (Å²) in [4.78, 5) is 0. The molecule has 28 heavy (non-hydrogen) atoms. The first-order valence-electron chi connectivity index (χ1n) is 13.8. The SMILES string of the molecule is CCCCCCCCCCCCCCCCCCCC[C@H](C)CCCCCC. The van der Waals surface area contributed by atoms with Gasteiger partial charge in [0.05, 0.1) is 0 Å². The maximum Gasteiger partial charge on any atom is -0.0443 e. The van der Waals surface area contributed by atoms with Crippen LogP contribution in [0.3, 0.4) is 0 Å². The molecule has 0 saturated carbocycles. The van der Waals surface area contributed by atoms with Gasteiger partial charge in [-0.1, -0.05) is 175 Å². The maximum absolute atomic E-state index is 2.47. The van der Waals surface area contributed by atoms with Crippen molar-refractivity contribution in [2.75, 3.05) is 0 Å². The molecule has 0 amide bonds. The fourth-order valence-corrected chi connectivity index (χ4v) is 4.46. The molecule has 0 radical (unpaired) electrons. The van der Waals surface area contributed by atoms with Crippen LogP contribution in [0.4, 0.5) is 0 Å². The van der Waals surface area contributed by atoms with Crippen molar-refractivity contribution in [1.82, 2.24) is 0 Å². The molecule has 0 rings (SSSR count). The molecule has 0 aliphatic heterocycles. The predicted molar refractivity (Wildman–Crippen MR) is 131 cm³/mol. The summed E-state index contributed by atoms with van der Waals surface area (Å²) < 4.78 is 0. The molecule has 0 nitrogen and oxygen atoms in total. The summed E-state index contributed by atoms with van der Waals surface area (Å²) in [5.41, 5.74) is 0. The molecule has 0 heterocycles. The summed E-state index contributed by atoms with van der Waals surface area (Å²) in [6.07, 6.45) is 35.3. The lowest BCUT2D eigenvalue weighted by Crippen LogP contribution is -1.95. The Labute approximate surface area is 181 Å². The first kappa shape index (κ1) is 28.0. The maximum atomic E-state index is 2.47. The molecule has 0 saturated heterocycles. The largest absolute Gasteiger partial charge is 0.0654 e. The van der Waals surface area contributed by atoms with E-state index in [2.05, 4.69) is 20.8 Å². The van der Waals surface area contributed by atoms with Crippen molar-refractivity contribution in [3.05, 3.63) is 0 Å². The molecule has 0 aliphatic carbocycles. The average molecular weight is 395 g/mol. The molecule has 0 aromatic heterocycles. The summed E-state index contributed by atoms with van der Waals surface area (Å²) in [6, 6.07) is 0. The van der Waals surface area contributed by atoms with Crippen LogP contribution in [-0.2, 0) is 0 Å². The van der Waals surface area contributed by atoms with Crippen LogP contribution in [0.2, 0.25) is 0 Å². The summed E-state index contributed by atoms with van der Waals surface area (Å²) >= 11 is 0. The fourth-order valence-electron chi connectivity index (χ4n) is 4.46. The molecule has 0 heteroatoms. The van der Waals surface area contributed by atoms with E-state index in [-0.39, 0.29) is 0 Å². The molecule has 0 aromatic carbocycles. The molecular formula is C28H58. The van der Waals surface area contributed by atoms with E-state index in [1.165, 1.54) is 154 Å². The van der Waals surface area contributed by atoms with Gasteiger partial charge in [-0.2, -0.15) is 0 Å². The molecule has 0 aromatic rings. The Bertz CT molecular complexity index is 257. The standard InChI is InChI=1S/C28H58/c1-4-6-8-10-11-12-13-14-15-16-17-18-19-20-21-22-23-25-27-28(3)26-24-9-7-5-2/h28H,4-27H2,1-3H3/t28-/m1/s1. The van der Waals surface area contributed by atoms with E-state index in [4.69, 9.17) is 0 Å². The second-order valence-electron chi connectivity index (χ2n) is 9.75. The molecule has 1 atom stereocenters. The monoisotopic (exact) mass is 394 g/mol. The fraction of sp³-hybridized carbons (Fsp3) is 1.00. The van der Waals surface area contributed by atoms with Gasteiger partial charge in [0, 0.05) is 0 Å². The van der Waals surface area contributed by atoms with Gasteiger partial charge in [0.15, 0.2) is 0 Å². The van der Waals surface area contributed by atoms with Crippen LogP contribution in [0, 0.1) is 5.92 Å². The third kappa shape index (κ3) is 24.0. The Morgan fingerprint density at radius 3 is 0.821 bits per heavy atom. The predicted octanol–water partition coefficient (Wildman–Crippen LogP) is 11.0. The Kier molecular flexibility index (Phi) is 25.0. The van der Waals surface area contributed by atoms with Crippen LogP contribution in [0.1, 0.15) is 175 Å². The molecule has 0 spiro atoms. The highest BCUT2D eigenvalue weighted by Gasteiger charge is 2.02. The minimum absolute atomic E-state index is 0.970. The van der Waals surface area contributed by atoms with Gasteiger partial charge in [-0.15, -0.1) is 0 Å². The summed E-state index contributed by atoms with van der Waals surface area (Å²) in [5, 5.41) is 0. The van der Waals surface area contributed by atoms with E-state index in [1.807, 2.05) is 0 Å². The Hall–Kier alpha value is 0. The van der Waals surface area contributed by atoms with Crippen molar-refractivity contribution < 1.29 is 0 Å². The van der Waals surface area contributed by atoms with Crippen molar-refractivity contribution in [2.24, 2.45) is 5.92 Å². The van der Waals surface area contributed by atoms with Crippen molar-refractivity contribution in [1.29, 1.82) is 0 Å². The second-order valence-corrected chi connectivity index (χ2v) is 9.75. The zero-order valence-corrected chi connectivity index (χ0v) is 20.5. The third-order valence-corrected chi connectivity index (χ3v) is 6.60. The second kappa shape index (κ2) is 25.0. The van der Waals surface area contributed by atoms with Crippen molar-refractivity contribution in [3.8, 4) is 0 Å². The van der Waals surface area contributed by atoms with Gasteiger partial charge in [-0.05, 0) is 5.92 Å². The van der Waals surface area contributed by atoms with Crippen molar-refractivity contribution in [3.63, 3.8) is 0 Å². The molecule has 0 fully saturated rings. The minimum Gasteiger partial charge on any atom is -0.0654 e. The van der Waals surface area contributed by atoms with E-state index in [0.29, 0.717) is 0 Å². The average Bonchev–Trinajstić information content (AvgIpc) is 2.70. The van der Waals surface area contributed by atoms with Crippen molar-refractivity contribution in [2.45, 2.75) is 175 Å². The number of rotatable bonds is 24. The van der Waals surface area contributed by atoms with E-state index in [0.717, 1.165) is 5.92 Å². The first-order chi connectivity index (χ1) is 13.8. The molecule has 170 valence electrons. The molecule has 0 bridgehead atoms. The van der Waals surface area contributed by atoms with E-state index >= 15 is 0 Å². The van der Waals surface area contributed by atoms with Gasteiger partial charge in [-0.25, -0.2) is 0 Å². The summed E-state index contributed by atoms with van der Waals surface area (Å²) in [5.74, 6) is 0.970. The van der Waals surface area contributed by atoms with Crippen molar-refractivity contribution >= 4 is 0 Å². The number of hydrogen-bond donors (Lipinski definition) is 0. The molecule has 0 unspecified atom stereocenters. The van der Waals surface area contributed by atoms with E-state index in [1.54, 1.807) is 0 Å². The van der Waals surface area contributed by atoms with E-state index < -0.39 is 0 Å². The molecule has 0 aliphatic rings. The topological polar surface area (TPSA) is 0 Å². The normalized spacial score (nSPS) is 12.5. The van der Waals surface area contributed by atoms with Gasteiger partial charge in [0.2, 0.25) is 0 Å². The highest BCUT2D eigenvalue weighted by molar-refractivity contribution is 4.56. The van der Waals surface area contributed by atoms with Gasteiger partial charge in [0.25, 0.3) is 0 Å². The molecule has 0 N–H and O–H groups in total. The Morgan fingerprint density at radius 2 is 0.536 bits per heavy atom. The Morgan fingerprint density at radius 1 is 0.321 bits per heavy atom. The summed E-state index contributed by atoms with van der Waals surface area (Å²) in [7, 11) is 0. The zero-order chi connectivity index (χ0) is 20.5. The van der Waals surface area contributed by atoms with Crippen LogP contribution in [0.5, 0.6) is 0 Å².